The zero-order valence-electron chi connectivity index (χ0n) is 7.70. The van der Waals surface area contributed by atoms with Gasteiger partial charge in [-0.25, -0.2) is 4.39 Å². The Morgan fingerprint density at radius 1 is 1.50 bits per heavy atom. The van der Waals surface area contributed by atoms with Crippen LogP contribution >= 0.6 is 0 Å². The van der Waals surface area contributed by atoms with Gasteiger partial charge in [0.25, 0.3) is 0 Å². The lowest BCUT2D eigenvalue weighted by Crippen LogP contribution is -1.95. The Labute approximate surface area is 82.5 Å². The lowest BCUT2D eigenvalue weighted by molar-refractivity contribution is 0.624. The van der Waals surface area contributed by atoms with Crippen LogP contribution in [-0.2, 0) is 0 Å². The standard InChI is InChI=1S/C11H11FN2/c12-11-7-9(8-14)4-5-10(11)3-1-2-6-13/h1,3-5,7H,2,6,13H2. The Bertz CT molecular complexity index is 377. The van der Waals surface area contributed by atoms with Crippen LogP contribution in [0.3, 0.4) is 0 Å². The van der Waals surface area contributed by atoms with Gasteiger partial charge in [-0.05, 0) is 25.1 Å². The minimum absolute atomic E-state index is 0.332. The molecular weight excluding hydrogens is 179 g/mol. The fourth-order valence-electron chi connectivity index (χ4n) is 1.04. The molecule has 1 rings (SSSR count). The van der Waals surface area contributed by atoms with Crippen molar-refractivity contribution in [2.75, 3.05) is 6.54 Å². The van der Waals surface area contributed by atoms with Gasteiger partial charge in [0.1, 0.15) is 5.82 Å². The van der Waals surface area contributed by atoms with Crippen LogP contribution in [0.25, 0.3) is 6.08 Å². The summed E-state index contributed by atoms with van der Waals surface area (Å²) in [6, 6.07) is 6.28. The summed E-state index contributed by atoms with van der Waals surface area (Å²) in [6.07, 6.45) is 4.20. The predicted molar refractivity (Wildman–Crippen MR) is 53.8 cm³/mol. The molecule has 0 spiro atoms. The molecule has 0 aliphatic heterocycles. The highest BCUT2D eigenvalue weighted by molar-refractivity contribution is 5.51. The van der Waals surface area contributed by atoms with Crippen molar-refractivity contribution in [3.05, 3.63) is 41.2 Å². The Morgan fingerprint density at radius 2 is 2.29 bits per heavy atom. The monoisotopic (exact) mass is 190 g/mol. The summed E-state index contributed by atoms with van der Waals surface area (Å²) >= 11 is 0. The molecule has 0 unspecified atom stereocenters. The van der Waals surface area contributed by atoms with Crippen molar-refractivity contribution >= 4 is 6.08 Å². The first-order valence-corrected chi connectivity index (χ1v) is 4.34. The zero-order chi connectivity index (χ0) is 10.4. The van der Waals surface area contributed by atoms with Gasteiger partial charge in [0.2, 0.25) is 0 Å². The molecule has 14 heavy (non-hydrogen) atoms. The third-order valence-electron chi connectivity index (χ3n) is 1.76. The molecule has 0 aromatic heterocycles. The average Bonchev–Trinajstić information content (AvgIpc) is 2.20. The number of hydrogen-bond donors (Lipinski definition) is 1. The van der Waals surface area contributed by atoms with E-state index in [0.29, 0.717) is 17.7 Å². The second-order valence-electron chi connectivity index (χ2n) is 2.83. The number of rotatable bonds is 3. The summed E-state index contributed by atoms with van der Waals surface area (Å²) in [6.45, 7) is 0.550. The SMILES string of the molecule is N#Cc1ccc(C=CCCN)c(F)c1. The highest BCUT2D eigenvalue weighted by atomic mass is 19.1. The molecule has 0 aliphatic rings. The maximum Gasteiger partial charge on any atom is 0.131 e. The van der Waals surface area contributed by atoms with Crippen molar-refractivity contribution in [3.8, 4) is 6.07 Å². The maximum absolute atomic E-state index is 13.2. The molecule has 0 radical (unpaired) electrons. The summed E-state index contributed by atoms with van der Waals surface area (Å²) in [5, 5.41) is 8.52. The fourth-order valence-corrected chi connectivity index (χ4v) is 1.04. The van der Waals surface area contributed by atoms with Gasteiger partial charge in [-0.2, -0.15) is 5.26 Å². The molecule has 2 N–H and O–H groups in total. The number of benzene rings is 1. The minimum Gasteiger partial charge on any atom is -0.330 e. The normalized spacial score (nSPS) is 10.4. The molecule has 0 saturated carbocycles. The number of hydrogen-bond acceptors (Lipinski definition) is 2. The van der Waals surface area contributed by atoms with Crippen molar-refractivity contribution in [3.63, 3.8) is 0 Å². The van der Waals surface area contributed by atoms with Crippen LogP contribution in [0.5, 0.6) is 0 Å². The number of halogens is 1. The number of nitrogens with two attached hydrogens (primary N) is 1. The van der Waals surface area contributed by atoms with Gasteiger partial charge in [-0.15, -0.1) is 0 Å². The van der Waals surface area contributed by atoms with Crippen LogP contribution in [-0.4, -0.2) is 6.54 Å². The lowest BCUT2D eigenvalue weighted by Gasteiger charge is -1.96. The summed E-state index contributed by atoms with van der Waals surface area (Å²) in [5.41, 5.74) is 6.10. The Balaban J connectivity index is 2.85. The van der Waals surface area contributed by atoms with E-state index < -0.39 is 0 Å². The molecule has 0 amide bonds. The van der Waals surface area contributed by atoms with Gasteiger partial charge in [-0.3, -0.25) is 0 Å². The third kappa shape index (κ3) is 2.68. The largest absolute Gasteiger partial charge is 0.330 e. The molecule has 1 aromatic rings. The van der Waals surface area contributed by atoms with E-state index in [0.717, 1.165) is 6.42 Å². The van der Waals surface area contributed by atoms with E-state index in [1.807, 2.05) is 12.1 Å². The molecule has 0 atom stereocenters. The molecule has 0 saturated heterocycles. The van der Waals surface area contributed by atoms with Gasteiger partial charge in [0.05, 0.1) is 11.6 Å². The Kier molecular flexibility index (Phi) is 3.84. The number of nitriles is 1. The van der Waals surface area contributed by atoms with E-state index in [4.69, 9.17) is 11.0 Å². The molecule has 0 fully saturated rings. The van der Waals surface area contributed by atoms with Crippen LogP contribution in [0.1, 0.15) is 17.5 Å². The molecule has 0 aliphatic carbocycles. The zero-order valence-corrected chi connectivity index (χ0v) is 7.70. The second-order valence-corrected chi connectivity index (χ2v) is 2.83. The van der Waals surface area contributed by atoms with Crippen LogP contribution in [0, 0.1) is 17.1 Å². The fraction of sp³-hybridized carbons (Fsp3) is 0.182. The second kappa shape index (κ2) is 5.15. The van der Waals surface area contributed by atoms with E-state index in [1.54, 1.807) is 18.2 Å². The van der Waals surface area contributed by atoms with Gasteiger partial charge in [-0.1, -0.05) is 18.2 Å². The van der Waals surface area contributed by atoms with Gasteiger partial charge in [0, 0.05) is 5.56 Å². The van der Waals surface area contributed by atoms with E-state index in [2.05, 4.69) is 0 Å². The van der Waals surface area contributed by atoms with Crippen LogP contribution in [0.15, 0.2) is 24.3 Å². The van der Waals surface area contributed by atoms with E-state index in [-0.39, 0.29) is 5.82 Å². The molecule has 1 aromatic carbocycles. The van der Waals surface area contributed by atoms with Crippen molar-refractivity contribution < 1.29 is 4.39 Å². The summed E-state index contributed by atoms with van der Waals surface area (Å²) in [5.74, 6) is -0.377. The molecule has 2 nitrogen and oxygen atoms in total. The first kappa shape index (κ1) is 10.4. The van der Waals surface area contributed by atoms with Gasteiger partial charge in [0.15, 0.2) is 0 Å². The molecule has 72 valence electrons. The third-order valence-corrected chi connectivity index (χ3v) is 1.76. The maximum atomic E-state index is 13.2. The first-order chi connectivity index (χ1) is 6.77. The van der Waals surface area contributed by atoms with Crippen molar-refractivity contribution in [1.29, 1.82) is 5.26 Å². The molecule has 3 heteroatoms. The van der Waals surface area contributed by atoms with Crippen LogP contribution in [0.2, 0.25) is 0 Å². The topological polar surface area (TPSA) is 49.8 Å². The number of nitrogens with zero attached hydrogens (tertiary/aromatic N) is 1. The van der Waals surface area contributed by atoms with Crippen molar-refractivity contribution in [2.24, 2.45) is 5.73 Å². The van der Waals surface area contributed by atoms with Crippen molar-refractivity contribution in [2.45, 2.75) is 6.42 Å². The first-order valence-electron chi connectivity index (χ1n) is 4.34. The van der Waals surface area contributed by atoms with E-state index in [9.17, 15) is 4.39 Å². The van der Waals surface area contributed by atoms with E-state index >= 15 is 0 Å². The Morgan fingerprint density at radius 3 is 2.86 bits per heavy atom. The van der Waals surface area contributed by atoms with Gasteiger partial charge >= 0.3 is 0 Å². The highest BCUT2D eigenvalue weighted by Gasteiger charge is 1.99. The smallest absolute Gasteiger partial charge is 0.131 e. The molecular formula is C11H11FN2. The van der Waals surface area contributed by atoms with Crippen LogP contribution in [0.4, 0.5) is 4.39 Å². The predicted octanol–water partition coefficient (Wildman–Crippen LogP) is 2.06. The summed E-state index contributed by atoms with van der Waals surface area (Å²) in [7, 11) is 0. The molecule has 0 heterocycles. The summed E-state index contributed by atoms with van der Waals surface area (Å²) < 4.78 is 13.2. The minimum atomic E-state index is -0.377. The van der Waals surface area contributed by atoms with Crippen LogP contribution < -0.4 is 5.73 Å². The van der Waals surface area contributed by atoms with Crippen molar-refractivity contribution in [1.82, 2.24) is 0 Å². The lowest BCUT2D eigenvalue weighted by atomic mass is 10.1. The quantitative estimate of drug-likeness (QED) is 0.793. The van der Waals surface area contributed by atoms with E-state index in [1.165, 1.54) is 6.07 Å². The average molecular weight is 190 g/mol. The van der Waals surface area contributed by atoms with Gasteiger partial charge < -0.3 is 5.73 Å². The highest BCUT2D eigenvalue weighted by Crippen LogP contribution is 2.11. The molecule has 0 bridgehead atoms. The Hall–Kier alpha value is -1.66. The summed E-state index contributed by atoms with van der Waals surface area (Å²) in [4.78, 5) is 0.